The average molecular weight is 423 g/mol. The maximum Gasteiger partial charge on any atom is 0.307 e. The van der Waals surface area contributed by atoms with Gasteiger partial charge in [-0.05, 0) is 55.2 Å². The fraction of sp³-hybridized carbons (Fsp3) is 0.348. The number of carboxylic acid groups (broad SMARTS) is 1. The van der Waals surface area contributed by atoms with E-state index in [0.717, 1.165) is 29.7 Å². The Morgan fingerprint density at radius 1 is 0.967 bits per heavy atom. The van der Waals surface area contributed by atoms with Gasteiger partial charge in [-0.3, -0.25) is 14.4 Å². The summed E-state index contributed by atoms with van der Waals surface area (Å²) >= 11 is 1.45. The highest BCUT2D eigenvalue weighted by Crippen LogP contribution is 2.49. The molecule has 1 saturated carbocycles. The Bertz CT molecular complexity index is 1060. The second kappa shape index (κ2) is 7.40. The lowest BCUT2D eigenvalue weighted by Crippen LogP contribution is -2.36. The van der Waals surface area contributed by atoms with Crippen molar-refractivity contribution in [3.8, 4) is 0 Å². The molecule has 3 N–H and O–H groups in total. The highest BCUT2D eigenvalue weighted by molar-refractivity contribution is 7.17. The van der Waals surface area contributed by atoms with Crippen molar-refractivity contribution in [3.63, 3.8) is 0 Å². The Kier molecular flexibility index (Phi) is 4.70. The summed E-state index contributed by atoms with van der Waals surface area (Å²) in [5, 5.41) is 16.0. The molecule has 3 aliphatic carbocycles. The lowest BCUT2D eigenvalue weighted by Gasteiger charge is -2.23. The van der Waals surface area contributed by atoms with Gasteiger partial charge in [0.25, 0.3) is 5.91 Å². The molecule has 0 unspecified atom stereocenters. The number of allylic oxidation sites excluding steroid dienone is 2. The van der Waals surface area contributed by atoms with Crippen LogP contribution in [0.25, 0.3) is 0 Å². The van der Waals surface area contributed by atoms with E-state index in [0.29, 0.717) is 22.7 Å². The molecule has 2 bridgehead atoms. The lowest BCUT2D eigenvalue weighted by molar-refractivity contribution is -0.146. The van der Waals surface area contributed by atoms with Gasteiger partial charge in [-0.1, -0.05) is 30.4 Å². The normalized spacial score (nSPS) is 25.9. The fourth-order valence-electron chi connectivity index (χ4n) is 5.16. The first-order valence-corrected chi connectivity index (χ1v) is 11.1. The quantitative estimate of drug-likeness (QED) is 0.636. The number of carbonyl (C=O) groups is 3. The third-order valence-electron chi connectivity index (χ3n) is 6.46. The summed E-state index contributed by atoms with van der Waals surface area (Å²) in [6, 6.07) is 9.23. The molecule has 0 spiro atoms. The van der Waals surface area contributed by atoms with E-state index in [1.165, 1.54) is 11.3 Å². The number of rotatable bonds is 5. The number of benzene rings is 1. The highest BCUT2D eigenvalue weighted by Gasteiger charge is 2.51. The minimum absolute atomic E-state index is 0.0514. The zero-order chi connectivity index (χ0) is 20.8. The van der Waals surface area contributed by atoms with Crippen molar-refractivity contribution in [3.05, 3.63) is 58.5 Å². The molecule has 1 aromatic heterocycles. The number of aliphatic carboxylic acids is 1. The number of amides is 2. The van der Waals surface area contributed by atoms with Gasteiger partial charge in [0.05, 0.1) is 17.4 Å². The van der Waals surface area contributed by atoms with E-state index in [1.807, 2.05) is 42.5 Å². The van der Waals surface area contributed by atoms with Crippen LogP contribution in [0, 0.1) is 23.7 Å². The molecule has 6 nitrogen and oxygen atoms in total. The van der Waals surface area contributed by atoms with Gasteiger partial charge in [0.2, 0.25) is 5.91 Å². The summed E-state index contributed by atoms with van der Waals surface area (Å²) in [5.41, 5.74) is 2.23. The van der Waals surface area contributed by atoms with Crippen molar-refractivity contribution in [1.29, 1.82) is 0 Å². The summed E-state index contributed by atoms with van der Waals surface area (Å²) in [7, 11) is 0. The van der Waals surface area contributed by atoms with E-state index in [-0.39, 0.29) is 23.7 Å². The maximum atomic E-state index is 13.1. The first-order chi connectivity index (χ1) is 14.5. The predicted molar refractivity (Wildman–Crippen MR) is 115 cm³/mol. The topological polar surface area (TPSA) is 95.5 Å². The third-order valence-corrected chi connectivity index (χ3v) is 7.67. The average Bonchev–Trinajstić information content (AvgIpc) is 3.48. The van der Waals surface area contributed by atoms with E-state index in [9.17, 15) is 19.5 Å². The van der Waals surface area contributed by atoms with Crippen LogP contribution in [-0.4, -0.2) is 22.9 Å². The summed E-state index contributed by atoms with van der Waals surface area (Å²) in [4.78, 5) is 39.1. The number of hydrogen-bond acceptors (Lipinski definition) is 4. The number of thiophene rings is 1. The van der Waals surface area contributed by atoms with E-state index >= 15 is 0 Å². The molecule has 2 amide bonds. The standard InChI is InChI=1S/C23H22N2O4S/c26-20(17-12-9-10-13(11-12)18(17)23(28)29)25-22-19(15-7-4-8-16(15)30-22)21(27)24-14-5-2-1-3-6-14/h1-3,5-6,9-10,12-13,17-18H,4,7-8,11H2,(H,24,27)(H,25,26)(H,28,29)/t12-,13-,17-,18-/m0/s1. The van der Waals surface area contributed by atoms with Crippen molar-refractivity contribution in [2.45, 2.75) is 25.7 Å². The van der Waals surface area contributed by atoms with Gasteiger partial charge >= 0.3 is 5.97 Å². The minimum atomic E-state index is -0.928. The van der Waals surface area contributed by atoms with Crippen molar-refractivity contribution in [2.75, 3.05) is 10.6 Å². The van der Waals surface area contributed by atoms with Crippen LogP contribution in [0.4, 0.5) is 10.7 Å². The number of fused-ring (bicyclic) bond motifs is 3. The summed E-state index contributed by atoms with van der Waals surface area (Å²) < 4.78 is 0. The van der Waals surface area contributed by atoms with Gasteiger partial charge in [0, 0.05) is 10.6 Å². The van der Waals surface area contributed by atoms with Gasteiger partial charge < -0.3 is 15.7 Å². The number of para-hydroxylation sites is 1. The van der Waals surface area contributed by atoms with Crippen LogP contribution in [0.3, 0.4) is 0 Å². The van der Waals surface area contributed by atoms with E-state index in [1.54, 1.807) is 0 Å². The first-order valence-electron chi connectivity index (χ1n) is 10.3. The molecule has 30 heavy (non-hydrogen) atoms. The van der Waals surface area contributed by atoms with Crippen LogP contribution in [-0.2, 0) is 22.4 Å². The molecule has 0 aliphatic heterocycles. The number of carbonyl (C=O) groups excluding carboxylic acids is 2. The summed E-state index contributed by atoms with van der Waals surface area (Å²) in [5.74, 6) is -2.90. The molecule has 1 fully saturated rings. The Morgan fingerprint density at radius 2 is 1.70 bits per heavy atom. The number of aryl methyl sites for hydroxylation is 1. The summed E-state index contributed by atoms with van der Waals surface area (Å²) in [6.45, 7) is 0. The first kappa shape index (κ1) is 19.1. The number of hydrogen-bond donors (Lipinski definition) is 3. The van der Waals surface area contributed by atoms with Crippen molar-refractivity contribution in [1.82, 2.24) is 0 Å². The van der Waals surface area contributed by atoms with E-state index in [4.69, 9.17) is 0 Å². The van der Waals surface area contributed by atoms with Crippen LogP contribution in [0.1, 0.15) is 33.6 Å². The number of anilines is 2. The molecule has 5 rings (SSSR count). The van der Waals surface area contributed by atoms with Crippen molar-refractivity contribution >= 4 is 39.8 Å². The van der Waals surface area contributed by atoms with Gasteiger partial charge in [0.15, 0.2) is 0 Å². The lowest BCUT2D eigenvalue weighted by atomic mass is 9.82. The van der Waals surface area contributed by atoms with Gasteiger partial charge in [-0.2, -0.15) is 0 Å². The highest BCUT2D eigenvalue weighted by atomic mass is 32.1. The predicted octanol–water partition coefficient (Wildman–Crippen LogP) is 3.95. The van der Waals surface area contributed by atoms with Gasteiger partial charge in [0.1, 0.15) is 5.00 Å². The third kappa shape index (κ3) is 3.13. The largest absolute Gasteiger partial charge is 0.481 e. The molecule has 0 radical (unpaired) electrons. The Hall–Kier alpha value is -2.93. The van der Waals surface area contributed by atoms with Crippen LogP contribution in [0.5, 0.6) is 0 Å². The molecule has 2 aromatic rings. The fourth-order valence-corrected chi connectivity index (χ4v) is 6.45. The molecule has 7 heteroatoms. The van der Waals surface area contributed by atoms with E-state index < -0.39 is 17.8 Å². The molecule has 1 heterocycles. The molecular formula is C23H22N2O4S. The van der Waals surface area contributed by atoms with E-state index in [2.05, 4.69) is 10.6 Å². The molecule has 154 valence electrons. The van der Waals surface area contributed by atoms with Crippen LogP contribution in [0.2, 0.25) is 0 Å². The monoisotopic (exact) mass is 422 g/mol. The minimum Gasteiger partial charge on any atom is -0.481 e. The Balaban J connectivity index is 1.42. The van der Waals surface area contributed by atoms with Gasteiger partial charge in [-0.15, -0.1) is 11.3 Å². The summed E-state index contributed by atoms with van der Waals surface area (Å²) in [6.07, 6.45) is 7.30. The zero-order valence-electron chi connectivity index (χ0n) is 16.3. The van der Waals surface area contributed by atoms with Crippen LogP contribution in [0.15, 0.2) is 42.5 Å². The SMILES string of the molecule is O=C(Nc1ccccc1)c1c(NC(=O)[C@@H]2[C@@H](C(=O)O)[C@H]3C=C[C@H]2C3)sc2c1CCC2. The van der Waals surface area contributed by atoms with Crippen LogP contribution >= 0.6 is 11.3 Å². The second-order valence-electron chi connectivity index (χ2n) is 8.21. The Morgan fingerprint density at radius 3 is 2.43 bits per heavy atom. The van der Waals surface area contributed by atoms with Crippen molar-refractivity contribution in [2.24, 2.45) is 23.7 Å². The van der Waals surface area contributed by atoms with Gasteiger partial charge in [-0.25, -0.2) is 0 Å². The number of nitrogens with one attached hydrogen (secondary N) is 2. The molecule has 4 atom stereocenters. The smallest absolute Gasteiger partial charge is 0.307 e. The second-order valence-corrected chi connectivity index (χ2v) is 9.31. The zero-order valence-corrected chi connectivity index (χ0v) is 17.1. The molecular weight excluding hydrogens is 400 g/mol. The number of carboxylic acids is 1. The Labute approximate surface area is 178 Å². The molecule has 1 aromatic carbocycles. The maximum absolute atomic E-state index is 13.1. The molecule has 0 saturated heterocycles. The molecule has 3 aliphatic rings. The van der Waals surface area contributed by atoms with Crippen LogP contribution < -0.4 is 10.6 Å². The van der Waals surface area contributed by atoms with Crippen molar-refractivity contribution < 1.29 is 19.5 Å².